The van der Waals surface area contributed by atoms with Crippen LogP contribution in [0, 0.1) is 6.92 Å². The Hall–Kier alpha value is -3.60. The topological polar surface area (TPSA) is 64.6 Å². The van der Waals surface area contributed by atoms with Gasteiger partial charge in [-0.25, -0.2) is 0 Å². The summed E-state index contributed by atoms with van der Waals surface area (Å²) >= 11 is 0. The second kappa shape index (κ2) is 8.86. The van der Waals surface area contributed by atoms with E-state index >= 15 is 0 Å². The Morgan fingerprint density at radius 2 is 1.57 bits per heavy atom. The van der Waals surface area contributed by atoms with Gasteiger partial charge in [-0.15, -0.1) is 0 Å². The average molecular weight is 375 g/mol. The summed E-state index contributed by atoms with van der Waals surface area (Å²) in [5.41, 5.74) is 2.31. The summed E-state index contributed by atoms with van der Waals surface area (Å²) < 4.78 is 11.2. The summed E-state index contributed by atoms with van der Waals surface area (Å²) in [7, 11) is 0. The fraction of sp³-hybridized carbons (Fsp3) is 0.130. The maximum Gasteiger partial charge on any atom is 0.262 e. The maximum atomic E-state index is 12.1. The molecule has 0 aliphatic heterocycles. The normalized spacial score (nSPS) is 10.2. The van der Waals surface area contributed by atoms with Gasteiger partial charge in [0, 0.05) is 11.3 Å². The Kier molecular flexibility index (Phi) is 6.07. The molecule has 0 fully saturated rings. The van der Waals surface area contributed by atoms with Crippen molar-refractivity contribution < 1.29 is 19.1 Å². The van der Waals surface area contributed by atoms with Gasteiger partial charge in [0.15, 0.2) is 12.4 Å². The number of rotatable bonds is 7. The van der Waals surface area contributed by atoms with Crippen molar-refractivity contribution in [3.8, 4) is 17.2 Å². The number of ether oxygens (including phenoxy) is 2. The quantitative estimate of drug-likeness (QED) is 0.590. The third kappa shape index (κ3) is 5.45. The zero-order chi connectivity index (χ0) is 19.9. The van der Waals surface area contributed by atoms with Crippen LogP contribution >= 0.6 is 0 Å². The molecule has 5 heteroatoms. The Labute approximate surface area is 163 Å². The van der Waals surface area contributed by atoms with Crippen molar-refractivity contribution in [2.24, 2.45) is 0 Å². The number of ketones is 1. The Morgan fingerprint density at radius 3 is 2.29 bits per heavy atom. The second-order valence-electron chi connectivity index (χ2n) is 6.36. The first kappa shape index (κ1) is 19.2. The number of aryl methyl sites for hydroxylation is 1. The molecule has 3 aromatic rings. The van der Waals surface area contributed by atoms with Crippen molar-refractivity contribution in [1.82, 2.24) is 0 Å². The zero-order valence-electron chi connectivity index (χ0n) is 15.8. The lowest BCUT2D eigenvalue weighted by Crippen LogP contribution is -2.20. The highest BCUT2D eigenvalue weighted by atomic mass is 16.5. The Morgan fingerprint density at radius 1 is 0.857 bits per heavy atom. The van der Waals surface area contributed by atoms with Crippen LogP contribution in [0.1, 0.15) is 22.8 Å². The third-order valence-electron chi connectivity index (χ3n) is 3.97. The van der Waals surface area contributed by atoms with Gasteiger partial charge in [-0.05, 0) is 67.9 Å². The molecule has 0 aliphatic rings. The number of carbonyl (C=O) groups is 2. The van der Waals surface area contributed by atoms with E-state index in [1.54, 1.807) is 48.5 Å². The monoisotopic (exact) mass is 375 g/mol. The lowest BCUT2D eigenvalue weighted by Gasteiger charge is -2.10. The molecule has 0 atom stereocenters. The molecule has 0 saturated heterocycles. The van der Waals surface area contributed by atoms with Gasteiger partial charge in [-0.3, -0.25) is 9.59 Å². The van der Waals surface area contributed by atoms with Crippen LogP contribution in [-0.4, -0.2) is 18.3 Å². The molecular weight excluding hydrogens is 354 g/mol. The molecule has 0 aliphatic carbocycles. The van der Waals surface area contributed by atoms with Crippen LogP contribution in [0.5, 0.6) is 17.2 Å². The molecule has 3 aromatic carbocycles. The van der Waals surface area contributed by atoms with E-state index in [0.29, 0.717) is 22.7 Å². The molecule has 1 N–H and O–H groups in total. The largest absolute Gasteiger partial charge is 0.484 e. The molecule has 0 radical (unpaired) electrons. The van der Waals surface area contributed by atoms with Crippen molar-refractivity contribution in [2.45, 2.75) is 13.8 Å². The van der Waals surface area contributed by atoms with Crippen LogP contribution in [-0.2, 0) is 4.79 Å². The molecule has 3 rings (SSSR count). The van der Waals surface area contributed by atoms with Crippen molar-refractivity contribution in [2.75, 3.05) is 11.9 Å². The summed E-state index contributed by atoms with van der Waals surface area (Å²) in [5, 5.41) is 2.76. The van der Waals surface area contributed by atoms with Crippen LogP contribution in [0.25, 0.3) is 0 Å². The predicted molar refractivity (Wildman–Crippen MR) is 108 cm³/mol. The van der Waals surface area contributed by atoms with E-state index in [1.165, 1.54) is 6.92 Å². The number of hydrogen-bond acceptors (Lipinski definition) is 4. The van der Waals surface area contributed by atoms with Crippen LogP contribution in [0.2, 0.25) is 0 Å². The van der Waals surface area contributed by atoms with Crippen LogP contribution in [0.15, 0.2) is 72.8 Å². The number of Topliss-reactive ketones (excluding diaryl/α,β-unsaturated/α-hetero) is 1. The first-order valence-electron chi connectivity index (χ1n) is 8.88. The molecule has 0 unspecified atom stereocenters. The van der Waals surface area contributed by atoms with Crippen molar-refractivity contribution >= 4 is 17.4 Å². The third-order valence-corrected chi connectivity index (χ3v) is 3.97. The van der Waals surface area contributed by atoms with Gasteiger partial charge in [-0.1, -0.05) is 24.3 Å². The van der Waals surface area contributed by atoms with E-state index in [9.17, 15) is 9.59 Å². The Bertz CT molecular complexity index is 980. The molecule has 1 amide bonds. The minimum Gasteiger partial charge on any atom is -0.484 e. The molecule has 0 spiro atoms. The number of amides is 1. The SMILES string of the molecule is CC(=O)c1cccc(OCC(=O)Nc2ccc(Oc3cccc(C)c3)cc2)c1. The van der Waals surface area contributed by atoms with E-state index in [4.69, 9.17) is 9.47 Å². The minimum atomic E-state index is -0.291. The highest BCUT2D eigenvalue weighted by Crippen LogP contribution is 2.23. The van der Waals surface area contributed by atoms with E-state index in [0.717, 1.165) is 11.3 Å². The summed E-state index contributed by atoms with van der Waals surface area (Å²) in [6, 6.07) is 21.6. The smallest absolute Gasteiger partial charge is 0.262 e. The highest BCUT2D eigenvalue weighted by Gasteiger charge is 2.06. The summed E-state index contributed by atoms with van der Waals surface area (Å²) in [5.74, 6) is 1.58. The average Bonchev–Trinajstić information content (AvgIpc) is 2.68. The second-order valence-corrected chi connectivity index (χ2v) is 6.36. The molecule has 0 heterocycles. The first-order valence-corrected chi connectivity index (χ1v) is 8.88. The summed E-state index contributed by atoms with van der Waals surface area (Å²) in [6.07, 6.45) is 0. The van der Waals surface area contributed by atoms with E-state index in [1.807, 2.05) is 31.2 Å². The lowest BCUT2D eigenvalue weighted by molar-refractivity contribution is -0.118. The van der Waals surface area contributed by atoms with E-state index < -0.39 is 0 Å². The van der Waals surface area contributed by atoms with Gasteiger partial charge in [-0.2, -0.15) is 0 Å². The molecular formula is C23H21NO4. The fourth-order valence-electron chi connectivity index (χ4n) is 2.57. The van der Waals surface area contributed by atoms with Crippen molar-refractivity contribution in [1.29, 1.82) is 0 Å². The van der Waals surface area contributed by atoms with Gasteiger partial charge in [0.05, 0.1) is 0 Å². The lowest BCUT2D eigenvalue weighted by atomic mass is 10.1. The van der Waals surface area contributed by atoms with Gasteiger partial charge >= 0.3 is 0 Å². The molecule has 5 nitrogen and oxygen atoms in total. The number of hydrogen-bond donors (Lipinski definition) is 1. The molecule has 0 aromatic heterocycles. The number of benzene rings is 3. The molecule has 142 valence electrons. The van der Waals surface area contributed by atoms with Crippen LogP contribution in [0.3, 0.4) is 0 Å². The number of nitrogens with one attached hydrogen (secondary N) is 1. The molecule has 28 heavy (non-hydrogen) atoms. The van der Waals surface area contributed by atoms with Crippen molar-refractivity contribution in [3.05, 3.63) is 83.9 Å². The standard InChI is InChI=1S/C23H21NO4/c1-16-5-3-8-22(13-16)28-20-11-9-19(10-12-20)24-23(26)15-27-21-7-4-6-18(14-21)17(2)25/h3-14H,15H2,1-2H3,(H,24,26). The van der Waals surface area contributed by atoms with Crippen LogP contribution in [0.4, 0.5) is 5.69 Å². The van der Waals surface area contributed by atoms with Gasteiger partial charge in [0.2, 0.25) is 0 Å². The van der Waals surface area contributed by atoms with E-state index in [-0.39, 0.29) is 18.3 Å². The summed E-state index contributed by atoms with van der Waals surface area (Å²) in [6.45, 7) is 3.34. The number of carbonyl (C=O) groups excluding carboxylic acids is 2. The number of anilines is 1. The van der Waals surface area contributed by atoms with Gasteiger partial charge < -0.3 is 14.8 Å². The zero-order valence-corrected chi connectivity index (χ0v) is 15.8. The van der Waals surface area contributed by atoms with Crippen molar-refractivity contribution in [3.63, 3.8) is 0 Å². The maximum absolute atomic E-state index is 12.1. The Balaban J connectivity index is 1.53. The van der Waals surface area contributed by atoms with E-state index in [2.05, 4.69) is 5.32 Å². The highest BCUT2D eigenvalue weighted by molar-refractivity contribution is 5.94. The predicted octanol–water partition coefficient (Wildman–Crippen LogP) is 5.01. The first-order chi connectivity index (χ1) is 13.5. The fourth-order valence-corrected chi connectivity index (χ4v) is 2.57. The molecule has 0 saturated carbocycles. The van der Waals surface area contributed by atoms with Gasteiger partial charge in [0.1, 0.15) is 17.2 Å². The van der Waals surface area contributed by atoms with Gasteiger partial charge in [0.25, 0.3) is 5.91 Å². The summed E-state index contributed by atoms with van der Waals surface area (Å²) in [4.78, 5) is 23.5. The minimum absolute atomic E-state index is 0.0529. The van der Waals surface area contributed by atoms with Crippen LogP contribution < -0.4 is 14.8 Å². The molecule has 0 bridgehead atoms.